The van der Waals surface area contributed by atoms with Crippen LogP contribution in [0.15, 0.2) is 15.9 Å². The quantitative estimate of drug-likeness (QED) is 0.760. The van der Waals surface area contributed by atoms with Crippen LogP contribution in [0.25, 0.3) is 0 Å². The van der Waals surface area contributed by atoms with Gasteiger partial charge >= 0.3 is 0 Å². The summed E-state index contributed by atoms with van der Waals surface area (Å²) in [6.07, 6.45) is 3.29. The Morgan fingerprint density at radius 2 is 2.38 bits per heavy atom. The molecule has 1 atom stereocenters. The summed E-state index contributed by atoms with van der Waals surface area (Å²) in [5.41, 5.74) is 0. The van der Waals surface area contributed by atoms with Crippen molar-refractivity contribution >= 4 is 44.8 Å². The lowest BCUT2D eigenvalue weighted by Crippen LogP contribution is -2.44. The molecule has 0 aromatic carbocycles. The van der Waals surface area contributed by atoms with Crippen molar-refractivity contribution in [3.63, 3.8) is 0 Å². The number of hydrogen-bond donors (Lipinski definition) is 0. The zero-order valence-electron chi connectivity index (χ0n) is 8.79. The van der Waals surface area contributed by atoms with Crippen molar-refractivity contribution in [3.8, 4) is 0 Å². The fraction of sp³-hybridized carbons (Fsp3) is 0.545. The SMILES string of the molecule is O=C(c1ccc(Br)s1)N1CCCCC1CCl. The molecule has 0 bridgehead atoms. The van der Waals surface area contributed by atoms with Crippen molar-refractivity contribution < 1.29 is 4.79 Å². The molecule has 5 heteroatoms. The van der Waals surface area contributed by atoms with Gasteiger partial charge in [0.25, 0.3) is 5.91 Å². The number of carbonyl (C=O) groups is 1. The Morgan fingerprint density at radius 3 is 3.00 bits per heavy atom. The van der Waals surface area contributed by atoms with Gasteiger partial charge in [-0.05, 0) is 47.3 Å². The van der Waals surface area contributed by atoms with Crippen LogP contribution < -0.4 is 0 Å². The molecule has 2 rings (SSSR count). The first-order valence-electron chi connectivity index (χ1n) is 5.34. The van der Waals surface area contributed by atoms with Crippen LogP contribution in [-0.2, 0) is 0 Å². The number of amides is 1. The first-order chi connectivity index (χ1) is 7.72. The number of thiophene rings is 1. The minimum atomic E-state index is 0.126. The number of halogens is 2. The van der Waals surface area contributed by atoms with Crippen LogP contribution in [0.3, 0.4) is 0 Å². The van der Waals surface area contributed by atoms with Crippen LogP contribution >= 0.6 is 38.9 Å². The predicted octanol–water partition coefficient (Wildman–Crippen LogP) is 3.74. The molecule has 0 saturated carbocycles. The van der Waals surface area contributed by atoms with Crippen LogP contribution in [0.2, 0.25) is 0 Å². The molecule has 0 N–H and O–H groups in total. The van der Waals surface area contributed by atoms with Crippen LogP contribution in [-0.4, -0.2) is 29.3 Å². The van der Waals surface area contributed by atoms with Crippen molar-refractivity contribution in [3.05, 3.63) is 20.8 Å². The Balaban J connectivity index is 2.13. The molecule has 2 heterocycles. The second kappa shape index (κ2) is 5.52. The summed E-state index contributed by atoms with van der Waals surface area (Å²) < 4.78 is 0.996. The Hall–Kier alpha value is -0.0600. The van der Waals surface area contributed by atoms with Gasteiger partial charge in [-0.2, -0.15) is 0 Å². The Morgan fingerprint density at radius 1 is 1.56 bits per heavy atom. The molecule has 1 unspecified atom stereocenters. The van der Waals surface area contributed by atoms with E-state index in [9.17, 15) is 4.79 Å². The van der Waals surface area contributed by atoms with E-state index in [1.807, 2.05) is 17.0 Å². The van der Waals surface area contributed by atoms with Gasteiger partial charge in [0.2, 0.25) is 0 Å². The standard InChI is InChI=1S/C11H13BrClNOS/c12-10-5-4-9(16-10)11(15)14-6-2-1-3-8(14)7-13/h4-5,8H,1-3,6-7H2. The number of likely N-dealkylation sites (tertiary alicyclic amines) is 1. The fourth-order valence-corrected chi connectivity index (χ4v) is 3.66. The fourth-order valence-electron chi connectivity index (χ4n) is 2.00. The molecule has 1 saturated heterocycles. The first kappa shape index (κ1) is 12.4. The first-order valence-corrected chi connectivity index (χ1v) is 7.49. The average Bonchev–Trinajstić information content (AvgIpc) is 2.75. The lowest BCUT2D eigenvalue weighted by atomic mass is 10.0. The highest BCUT2D eigenvalue weighted by molar-refractivity contribution is 9.11. The summed E-state index contributed by atoms with van der Waals surface area (Å²) in [7, 11) is 0. The minimum absolute atomic E-state index is 0.126. The highest BCUT2D eigenvalue weighted by atomic mass is 79.9. The van der Waals surface area contributed by atoms with E-state index in [1.165, 1.54) is 17.8 Å². The third-order valence-corrected chi connectivity index (χ3v) is 4.82. The number of rotatable bonds is 2. The van der Waals surface area contributed by atoms with Gasteiger partial charge in [0, 0.05) is 18.5 Å². The predicted molar refractivity (Wildman–Crippen MR) is 71.4 cm³/mol. The molecular weight excluding hydrogens is 310 g/mol. The van der Waals surface area contributed by atoms with Gasteiger partial charge in [-0.3, -0.25) is 4.79 Å². The Bertz CT molecular complexity index is 382. The van der Waals surface area contributed by atoms with Crippen molar-refractivity contribution in [1.29, 1.82) is 0 Å². The maximum atomic E-state index is 12.2. The summed E-state index contributed by atoms with van der Waals surface area (Å²) in [5.74, 6) is 0.666. The molecule has 1 aliphatic rings. The zero-order valence-corrected chi connectivity index (χ0v) is 11.9. The topological polar surface area (TPSA) is 20.3 Å². The second-order valence-corrected chi connectivity index (χ2v) is 6.68. The van der Waals surface area contributed by atoms with Gasteiger partial charge in [-0.25, -0.2) is 0 Å². The molecule has 0 aliphatic carbocycles. The molecule has 2 nitrogen and oxygen atoms in total. The van der Waals surface area contributed by atoms with Crippen LogP contribution in [0.1, 0.15) is 28.9 Å². The monoisotopic (exact) mass is 321 g/mol. The van der Waals surface area contributed by atoms with E-state index >= 15 is 0 Å². The maximum absolute atomic E-state index is 12.2. The lowest BCUT2D eigenvalue weighted by Gasteiger charge is -2.34. The van der Waals surface area contributed by atoms with Crippen LogP contribution in [0.5, 0.6) is 0 Å². The van der Waals surface area contributed by atoms with Crippen molar-refractivity contribution in [2.45, 2.75) is 25.3 Å². The smallest absolute Gasteiger partial charge is 0.264 e. The van der Waals surface area contributed by atoms with E-state index < -0.39 is 0 Å². The van der Waals surface area contributed by atoms with E-state index in [0.717, 1.165) is 28.0 Å². The summed E-state index contributed by atoms with van der Waals surface area (Å²) >= 11 is 10.8. The van der Waals surface area contributed by atoms with E-state index in [2.05, 4.69) is 15.9 Å². The maximum Gasteiger partial charge on any atom is 0.264 e. The number of piperidine rings is 1. The van der Waals surface area contributed by atoms with Gasteiger partial charge < -0.3 is 4.90 Å². The van der Waals surface area contributed by atoms with E-state index in [1.54, 1.807) is 0 Å². The normalized spacial score (nSPS) is 21.1. The van der Waals surface area contributed by atoms with Crippen LogP contribution in [0, 0.1) is 0 Å². The van der Waals surface area contributed by atoms with E-state index in [0.29, 0.717) is 5.88 Å². The van der Waals surface area contributed by atoms with Gasteiger partial charge in [-0.1, -0.05) is 0 Å². The Labute approximate surface area is 113 Å². The second-order valence-electron chi connectivity index (χ2n) is 3.91. The summed E-state index contributed by atoms with van der Waals surface area (Å²) in [6, 6.07) is 4.00. The molecule has 88 valence electrons. The molecule has 0 spiro atoms. The Kier molecular flexibility index (Phi) is 4.27. The number of hydrogen-bond acceptors (Lipinski definition) is 2. The van der Waals surface area contributed by atoms with Gasteiger partial charge in [0.1, 0.15) is 0 Å². The molecule has 1 aromatic heterocycles. The summed E-state index contributed by atoms with van der Waals surface area (Å²) in [6.45, 7) is 0.839. The molecule has 1 amide bonds. The summed E-state index contributed by atoms with van der Waals surface area (Å²) in [4.78, 5) is 15.0. The summed E-state index contributed by atoms with van der Waals surface area (Å²) in [5, 5.41) is 0. The van der Waals surface area contributed by atoms with E-state index in [-0.39, 0.29) is 11.9 Å². The minimum Gasteiger partial charge on any atom is -0.334 e. The van der Waals surface area contributed by atoms with Gasteiger partial charge in [0.05, 0.1) is 8.66 Å². The largest absolute Gasteiger partial charge is 0.334 e. The zero-order chi connectivity index (χ0) is 11.5. The van der Waals surface area contributed by atoms with Crippen molar-refractivity contribution in [2.24, 2.45) is 0 Å². The van der Waals surface area contributed by atoms with Crippen molar-refractivity contribution in [1.82, 2.24) is 4.90 Å². The molecular formula is C11H13BrClNOS. The molecule has 1 fully saturated rings. The molecule has 0 radical (unpaired) electrons. The molecule has 16 heavy (non-hydrogen) atoms. The van der Waals surface area contributed by atoms with Crippen molar-refractivity contribution in [2.75, 3.05) is 12.4 Å². The number of carbonyl (C=O) groups excluding carboxylic acids is 1. The van der Waals surface area contributed by atoms with Gasteiger partial charge in [-0.15, -0.1) is 22.9 Å². The van der Waals surface area contributed by atoms with E-state index in [4.69, 9.17) is 11.6 Å². The number of nitrogens with zero attached hydrogens (tertiary/aromatic N) is 1. The lowest BCUT2D eigenvalue weighted by molar-refractivity contribution is 0.0644. The number of alkyl halides is 1. The molecule has 1 aromatic rings. The highest BCUT2D eigenvalue weighted by Gasteiger charge is 2.27. The van der Waals surface area contributed by atoms with Crippen LogP contribution in [0.4, 0.5) is 0 Å². The third kappa shape index (κ3) is 2.60. The third-order valence-electron chi connectivity index (χ3n) is 2.85. The van der Waals surface area contributed by atoms with Gasteiger partial charge in [0.15, 0.2) is 0 Å². The highest BCUT2D eigenvalue weighted by Crippen LogP contribution is 2.26. The average molecular weight is 323 g/mol. The molecule has 1 aliphatic heterocycles.